The first-order chi connectivity index (χ1) is 8.34. The van der Waals surface area contributed by atoms with Gasteiger partial charge in [0.15, 0.2) is 0 Å². The number of hydrogen-bond donors (Lipinski definition) is 1. The minimum absolute atomic E-state index is 0.286. The highest BCUT2D eigenvalue weighted by atomic mass is 16.3. The summed E-state index contributed by atoms with van der Waals surface area (Å²) in [6.07, 6.45) is 1.85. The maximum atomic E-state index is 5.61. The first kappa shape index (κ1) is 15.3. The molecule has 1 heterocycles. The molecule has 1 aromatic heterocycles. The Morgan fingerprint density at radius 2 is 2.06 bits per heavy atom. The van der Waals surface area contributed by atoms with Crippen LogP contribution in [0.4, 0.5) is 0 Å². The van der Waals surface area contributed by atoms with Crippen LogP contribution in [0.3, 0.4) is 0 Å². The van der Waals surface area contributed by atoms with Gasteiger partial charge in [0, 0.05) is 18.2 Å². The lowest BCUT2D eigenvalue weighted by atomic mass is 9.87. The summed E-state index contributed by atoms with van der Waals surface area (Å²) in [5, 5.41) is 3.30. The second kappa shape index (κ2) is 6.39. The molecular formula is C15H28N2O. The molecular weight excluding hydrogens is 224 g/mol. The SMILES string of the molecule is CCNCc1coc(CN(C)C(C)C(C)(C)C)c1. The average Bonchev–Trinajstić information content (AvgIpc) is 2.71. The van der Waals surface area contributed by atoms with Gasteiger partial charge >= 0.3 is 0 Å². The quantitative estimate of drug-likeness (QED) is 0.842. The molecule has 1 N–H and O–H groups in total. The van der Waals surface area contributed by atoms with Gasteiger partial charge in [0.2, 0.25) is 0 Å². The van der Waals surface area contributed by atoms with Crippen molar-refractivity contribution in [2.45, 2.75) is 53.8 Å². The first-order valence-corrected chi connectivity index (χ1v) is 6.81. The number of nitrogens with zero attached hydrogens (tertiary/aromatic N) is 1. The molecule has 1 atom stereocenters. The zero-order valence-corrected chi connectivity index (χ0v) is 12.7. The van der Waals surface area contributed by atoms with E-state index in [4.69, 9.17) is 4.42 Å². The molecule has 1 aromatic rings. The van der Waals surface area contributed by atoms with Crippen LogP contribution in [0.25, 0.3) is 0 Å². The van der Waals surface area contributed by atoms with Gasteiger partial charge in [-0.3, -0.25) is 4.90 Å². The van der Waals surface area contributed by atoms with Gasteiger partial charge in [-0.2, -0.15) is 0 Å². The average molecular weight is 252 g/mol. The van der Waals surface area contributed by atoms with Gasteiger partial charge in [-0.05, 0) is 32.0 Å². The van der Waals surface area contributed by atoms with Crippen molar-refractivity contribution >= 4 is 0 Å². The smallest absolute Gasteiger partial charge is 0.118 e. The Morgan fingerprint density at radius 1 is 1.39 bits per heavy atom. The Hall–Kier alpha value is -0.800. The summed E-state index contributed by atoms with van der Waals surface area (Å²) < 4.78 is 5.61. The van der Waals surface area contributed by atoms with Crippen molar-refractivity contribution in [2.75, 3.05) is 13.6 Å². The van der Waals surface area contributed by atoms with Gasteiger partial charge in [-0.1, -0.05) is 27.7 Å². The molecule has 0 aromatic carbocycles. The van der Waals surface area contributed by atoms with Crippen LogP contribution in [0.1, 0.15) is 45.9 Å². The molecule has 104 valence electrons. The third kappa shape index (κ3) is 4.46. The van der Waals surface area contributed by atoms with Crippen LogP contribution in [0.5, 0.6) is 0 Å². The van der Waals surface area contributed by atoms with Crippen LogP contribution in [0.15, 0.2) is 16.7 Å². The number of rotatable bonds is 6. The Kier molecular flexibility index (Phi) is 5.42. The Labute approximate surface area is 112 Å². The predicted molar refractivity (Wildman–Crippen MR) is 76.5 cm³/mol. The van der Waals surface area contributed by atoms with Crippen LogP contribution in [-0.4, -0.2) is 24.5 Å². The van der Waals surface area contributed by atoms with E-state index >= 15 is 0 Å². The summed E-state index contributed by atoms with van der Waals surface area (Å²) in [6.45, 7) is 13.9. The van der Waals surface area contributed by atoms with E-state index in [1.807, 2.05) is 6.26 Å². The fourth-order valence-corrected chi connectivity index (χ4v) is 1.92. The highest BCUT2D eigenvalue weighted by Gasteiger charge is 2.24. The number of nitrogens with one attached hydrogen (secondary N) is 1. The molecule has 0 spiro atoms. The molecule has 1 unspecified atom stereocenters. The van der Waals surface area contributed by atoms with Gasteiger partial charge in [0.25, 0.3) is 0 Å². The highest BCUT2D eigenvalue weighted by Crippen LogP contribution is 2.24. The molecule has 0 saturated heterocycles. The Morgan fingerprint density at radius 3 is 2.61 bits per heavy atom. The van der Waals surface area contributed by atoms with Crippen LogP contribution < -0.4 is 5.32 Å². The van der Waals surface area contributed by atoms with E-state index in [9.17, 15) is 0 Å². The molecule has 0 aliphatic heterocycles. The van der Waals surface area contributed by atoms with E-state index in [2.05, 4.69) is 57.9 Å². The lowest BCUT2D eigenvalue weighted by Crippen LogP contribution is -2.38. The molecule has 3 nitrogen and oxygen atoms in total. The number of hydrogen-bond acceptors (Lipinski definition) is 3. The van der Waals surface area contributed by atoms with Gasteiger partial charge < -0.3 is 9.73 Å². The second-order valence-corrected chi connectivity index (χ2v) is 6.16. The molecule has 1 rings (SSSR count). The molecule has 0 fully saturated rings. The minimum atomic E-state index is 0.286. The van der Waals surface area contributed by atoms with Crippen molar-refractivity contribution in [3.63, 3.8) is 0 Å². The zero-order valence-electron chi connectivity index (χ0n) is 12.7. The molecule has 0 amide bonds. The van der Waals surface area contributed by atoms with E-state index < -0.39 is 0 Å². The monoisotopic (exact) mass is 252 g/mol. The van der Waals surface area contributed by atoms with Crippen LogP contribution in [0, 0.1) is 5.41 Å². The molecule has 0 bridgehead atoms. The van der Waals surface area contributed by atoms with E-state index in [1.165, 1.54) is 5.56 Å². The van der Waals surface area contributed by atoms with Crippen LogP contribution in [0.2, 0.25) is 0 Å². The van der Waals surface area contributed by atoms with Crippen molar-refractivity contribution < 1.29 is 4.42 Å². The van der Waals surface area contributed by atoms with Crippen LogP contribution >= 0.6 is 0 Å². The minimum Gasteiger partial charge on any atom is -0.468 e. The lowest BCUT2D eigenvalue weighted by Gasteiger charge is -2.34. The summed E-state index contributed by atoms with van der Waals surface area (Å²) in [7, 11) is 2.16. The van der Waals surface area contributed by atoms with Crippen LogP contribution in [-0.2, 0) is 13.1 Å². The summed E-state index contributed by atoms with van der Waals surface area (Å²) in [5.41, 5.74) is 1.51. The van der Waals surface area contributed by atoms with Gasteiger partial charge in [-0.15, -0.1) is 0 Å². The molecule has 18 heavy (non-hydrogen) atoms. The molecule has 0 saturated carbocycles. The fourth-order valence-electron chi connectivity index (χ4n) is 1.92. The summed E-state index contributed by atoms with van der Waals surface area (Å²) in [5.74, 6) is 1.04. The normalized spacial score (nSPS) is 14.2. The lowest BCUT2D eigenvalue weighted by molar-refractivity contribution is 0.127. The summed E-state index contributed by atoms with van der Waals surface area (Å²) in [6, 6.07) is 2.66. The molecule has 3 heteroatoms. The Bertz CT molecular complexity index is 352. The molecule has 0 aliphatic rings. The standard InChI is InChI=1S/C15H28N2O/c1-7-16-9-13-8-14(18-11-13)10-17(6)12(2)15(3,4)5/h8,11-12,16H,7,9-10H2,1-6H3. The van der Waals surface area contributed by atoms with Crippen molar-refractivity contribution in [3.8, 4) is 0 Å². The third-order valence-electron chi connectivity index (χ3n) is 3.61. The van der Waals surface area contributed by atoms with E-state index in [0.29, 0.717) is 6.04 Å². The van der Waals surface area contributed by atoms with Crippen molar-refractivity contribution in [1.29, 1.82) is 0 Å². The summed E-state index contributed by atoms with van der Waals surface area (Å²) in [4.78, 5) is 2.34. The van der Waals surface area contributed by atoms with Crippen molar-refractivity contribution in [1.82, 2.24) is 10.2 Å². The topological polar surface area (TPSA) is 28.4 Å². The van der Waals surface area contributed by atoms with Gasteiger partial charge in [0.05, 0.1) is 12.8 Å². The van der Waals surface area contributed by atoms with E-state index in [1.54, 1.807) is 0 Å². The molecule has 0 radical (unpaired) electrons. The van der Waals surface area contributed by atoms with Crippen molar-refractivity contribution in [2.24, 2.45) is 5.41 Å². The Balaban J connectivity index is 2.54. The third-order valence-corrected chi connectivity index (χ3v) is 3.61. The van der Waals surface area contributed by atoms with E-state index in [0.717, 1.165) is 25.4 Å². The number of furan rings is 1. The van der Waals surface area contributed by atoms with Gasteiger partial charge in [0.1, 0.15) is 5.76 Å². The highest BCUT2D eigenvalue weighted by molar-refractivity contribution is 5.12. The first-order valence-electron chi connectivity index (χ1n) is 6.81. The summed E-state index contributed by atoms with van der Waals surface area (Å²) >= 11 is 0. The largest absolute Gasteiger partial charge is 0.468 e. The maximum absolute atomic E-state index is 5.61. The fraction of sp³-hybridized carbons (Fsp3) is 0.733. The molecule has 0 aliphatic carbocycles. The maximum Gasteiger partial charge on any atom is 0.118 e. The zero-order chi connectivity index (χ0) is 13.8. The predicted octanol–water partition coefficient (Wildman–Crippen LogP) is 3.26. The van der Waals surface area contributed by atoms with Crippen molar-refractivity contribution in [3.05, 3.63) is 23.7 Å². The second-order valence-electron chi connectivity index (χ2n) is 6.16. The van der Waals surface area contributed by atoms with Gasteiger partial charge in [-0.25, -0.2) is 0 Å². The van der Waals surface area contributed by atoms with E-state index in [-0.39, 0.29) is 5.41 Å².